The molecule has 2 aliphatic heterocycles. The van der Waals surface area contributed by atoms with Gasteiger partial charge in [0.15, 0.2) is 5.11 Å². The van der Waals surface area contributed by atoms with Gasteiger partial charge in [0.1, 0.15) is 0 Å². The van der Waals surface area contributed by atoms with E-state index in [0.717, 1.165) is 28.9 Å². The van der Waals surface area contributed by atoms with Crippen LogP contribution in [-0.4, -0.2) is 34.2 Å². The molecule has 22 heavy (non-hydrogen) atoms. The molecule has 2 N–H and O–H groups in total. The van der Waals surface area contributed by atoms with Gasteiger partial charge in [0.25, 0.3) is 0 Å². The van der Waals surface area contributed by atoms with E-state index in [2.05, 4.69) is 40.7 Å². The molecule has 2 heterocycles. The molecule has 1 aliphatic carbocycles. The SMILES string of the molecule is Cc1ccccc1NC(=S)NC1CC2CCC(C1)N2C1CC1. The Morgan fingerprint density at radius 1 is 1.05 bits per heavy atom. The van der Waals surface area contributed by atoms with E-state index in [9.17, 15) is 0 Å². The first-order valence-electron chi connectivity index (χ1n) is 8.61. The number of hydrogen-bond donors (Lipinski definition) is 2. The van der Waals surface area contributed by atoms with Crippen molar-refractivity contribution in [2.24, 2.45) is 0 Å². The molecule has 4 heteroatoms. The van der Waals surface area contributed by atoms with Gasteiger partial charge in [-0.3, -0.25) is 4.90 Å². The number of rotatable bonds is 3. The van der Waals surface area contributed by atoms with Crippen molar-refractivity contribution in [2.75, 3.05) is 5.32 Å². The molecule has 3 aliphatic rings. The fourth-order valence-corrected chi connectivity index (χ4v) is 4.63. The number of piperidine rings is 1. The van der Waals surface area contributed by atoms with Crippen molar-refractivity contribution in [1.29, 1.82) is 0 Å². The Labute approximate surface area is 138 Å². The van der Waals surface area contributed by atoms with Crippen molar-refractivity contribution in [3.8, 4) is 0 Å². The maximum Gasteiger partial charge on any atom is 0.171 e. The summed E-state index contributed by atoms with van der Waals surface area (Å²) in [5, 5.41) is 7.71. The van der Waals surface area contributed by atoms with Gasteiger partial charge in [-0.05, 0) is 69.3 Å². The van der Waals surface area contributed by atoms with Crippen LogP contribution in [0.3, 0.4) is 0 Å². The van der Waals surface area contributed by atoms with Crippen molar-refractivity contribution in [1.82, 2.24) is 10.2 Å². The van der Waals surface area contributed by atoms with Gasteiger partial charge in [-0.1, -0.05) is 18.2 Å². The molecule has 2 unspecified atom stereocenters. The van der Waals surface area contributed by atoms with Crippen molar-refractivity contribution < 1.29 is 0 Å². The third-order valence-electron chi connectivity index (χ3n) is 5.49. The summed E-state index contributed by atoms with van der Waals surface area (Å²) in [7, 11) is 0. The number of aryl methyl sites for hydroxylation is 1. The van der Waals surface area contributed by atoms with E-state index >= 15 is 0 Å². The first-order chi connectivity index (χ1) is 10.7. The third kappa shape index (κ3) is 2.86. The monoisotopic (exact) mass is 315 g/mol. The maximum absolute atomic E-state index is 5.53. The number of fused-ring (bicyclic) bond motifs is 2. The standard InChI is InChI=1S/C18H25N3S/c1-12-4-2-3-5-17(12)20-18(22)19-13-10-15-8-9-16(11-13)21(15)14-6-7-14/h2-5,13-16H,6-11H2,1H3,(H2,19,20,22). The Bertz CT molecular complexity index is 555. The number of hydrogen-bond acceptors (Lipinski definition) is 2. The van der Waals surface area contributed by atoms with Gasteiger partial charge >= 0.3 is 0 Å². The summed E-state index contributed by atoms with van der Waals surface area (Å²) < 4.78 is 0. The smallest absolute Gasteiger partial charge is 0.171 e. The Hall–Kier alpha value is -1.13. The van der Waals surface area contributed by atoms with E-state index in [1.165, 1.54) is 44.1 Å². The highest BCUT2D eigenvalue weighted by atomic mass is 32.1. The molecule has 2 atom stereocenters. The Morgan fingerprint density at radius 2 is 1.68 bits per heavy atom. The topological polar surface area (TPSA) is 27.3 Å². The summed E-state index contributed by atoms with van der Waals surface area (Å²) in [6.07, 6.45) is 8.14. The largest absolute Gasteiger partial charge is 0.360 e. The predicted molar refractivity (Wildman–Crippen MR) is 95.2 cm³/mol. The Balaban J connectivity index is 1.34. The number of nitrogens with zero attached hydrogens (tertiary/aromatic N) is 1. The summed E-state index contributed by atoms with van der Waals surface area (Å²) in [6.45, 7) is 2.11. The van der Waals surface area contributed by atoms with Gasteiger partial charge < -0.3 is 10.6 Å². The van der Waals surface area contributed by atoms with Gasteiger partial charge in [-0.2, -0.15) is 0 Å². The van der Waals surface area contributed by atoms with Gasteiger partial charge in [-0.25, -0.2) is 0 Å². The fraction of sp³-hybridized carbons (Fsp3) is 0.611. The zero-order valence-electron chi connectivity index (χ0n) is 13.2. The number of anilines is 1. The first kappa shape index (κ1) is 14.5. The lowest BCUT2D eigenvalue weighted by atomic mass is 9.97. The lowest BCUT2D eigenvalue weighted by molar-refractivity contribution is 0.114. The lowest BCUT2D eigenvalue weighted by Crippen LogP contribution is -2.51. The Morgan fingerprint density at radius 3 is 2.32 bits per heavy atom. The highest BCUT2D eigenvalue weighted by Gasteiger charge is 2.46. The second kappa shape index (κ2) is 5.82. The number of para-hydroxylation sites is 1. The van der Waals surface area contributed by atoms with E-state index < -0.39 is 0 Å². The average molecular weight is 315 g/mol. The molecular formula is C18H25N3S. The first-order valence-corrected chi connectivity index (χ1v) is 9.02. The Kier molecular flexibility index (Phi) is 3.82. The molecule has 3 fully saturated rings. The molecule has 0 radical (unpaired) electrons. The normalized spacial score (nSPS) is 31.0. The van der Waals surface area contributed by atoms with E-state index in [-0.39, 0.29) is 0 Å². The van der Waals surface area contributed by atoms with E-state index in [0.29, 0.717) is 6.04 Å². The quantitative estimate of drug-likeness (QED) is 0.836. The van der Waals surface area contributed by atoms with Gasteiger partial charge in [0, 0.05) is 29.9 Å². The van der Waals surface area contributed by atoms with Crippen molar-refractivity contribution in [3.05, 3.63) is 29.8 Å². The van der Waals surface area contributed by atoms with Gasteiger partial charge in [-0.15, -0.1) is 0 Å². The molecule has 1 aromatic carbocycles. The molecule has 0 amide bonds. The third-order valence-corrected chi connectivity index (χ3v) is 5.71. The highest BCUT2D eigenvalue weighted by molar-refractivity contribution is 7.80. The zero-order chi connectivity index (χ0) is 15.1. The molecule has 1 saturated carbocycles. The molecule has 2 saturated heterocycles. The number of nitrogens with one attached hydrogen (secondary N) is 2. The minimum Gasteiger partial charge on any atom is -0.360 e. The molecule has 0 aromatic heterocycles. The van der Waals surface area contributed by atoms with Crippen LogP contribution in [0.15, 0.2) is 24.3 Å². The predicted octanol–water partition coefficient (Wildman–Crippen LogP) is 3.44. The van der Waals surface area contributed by atoms with Crippen LogP contribution in [0.2, 0.25) is 0 Å². The van der Waals surface area contributed by atoms with Crippen LogP contribution < -0.4 is 10.6 Å². The summed E-state index contributed by atoms with van der Waals surface area (Å²) >= 11 is 5.53. The molecule has 3 nitrogen and oxygen atoms in total. The van der Waals surface area contributed by atoms with Gasteiger partial charge in [0.2, 0.25) is 0 Å². The minimum absolute atomic E-state index is 0.538. The van der Waals surface area contributed by atoms with Crippen LogP contribution >= 0.6 is 12.2 Å². The van der Waals surface area contributed by atoms with Crippen LogP contribution in [0, 0.1) is 6.92 Å². The van der Waals surface area contributed by atoms with Crippen molar-refractivity contribution in [3.63, 3.8) is 0 Å². The summed E-state index contributed by atoms with van der Waals surface area (Å²) in [5.41, 5.74) is 2.34. The molecular weight excluding hydrogens is 290 g/mol. The summed E-state index contributed by atoms with van der Waals surface area (Å²) in [6, 6.07) is 11.3. The zero-order valence-corrected chi connectivity index (χ0v) is 14.0. The number of thiocarbonyl (C=S) groups is 1. The lowest BCUT2D eigenvalue weighted by Gasteiger charge is -2.39. The molecule has 4 rings (SSSR count). The highest BCUT2D eigenvalue weighted by Crippen LogP contribution is 2.43. The maximum atomic E-state index is 5.53. The van der Waals surface area contributed by atoms with Crippen molar-refractivity contribution in [2.45, 2.75) is 69.6 Å². The van der Waals surface area contributed by atoms with E-state index in [1.807, 2.05) is 6.07 Å². The van der Waals surface area contributed by atoms with E-state index in [1.54, 1.807) is 0 Å². The molecule has 118 valence electrons. The van der Waals surface area contributed by atoms with Gasteiger partial charge in [0.05, 0.1) is 0 Å². The van der Waals surface area contributed by atoms with Crippen LogP contribution in [-0.2, 0) is 0 Å². The van der Waals surface area contributed by atoms with Crippen LogP contribution in [0.1, 0.15) is 44.1 Å². The molecule has 1 aromatic rings. The van der Waals surface area contributed by atoms with Crippen LogP contribution in [0.5, 0.6) is 0 Å². The summed E-state index contributed by atoms with van der Waals surface area (Å²) in [5.74, 6) is 0. The minimum atomic E-state index is 0.538. The second-order valence-electron chi connectivity index (χ2n) is 7.15. The molecule has 2 bridgehead atoms. The van der Waals surface area contributed by atoms with E-state index in [4.69, 9.17) is 12.2 Å². The number of benzene rings is 1. The van der Waals surface area contributed by atoms with Crippen LogP contribution in [0.25, 0.3) is 0 Å². The summed E-state index contributed by atoms with van der Waals surface area (Å²) in [4.78, 5) is 2.83. The average Bonchev–Trinajstić information content (AvgIpc) is 3.28. The van der Waals surface area contributed by atoms with Crippen molar-refractivity contribution >= 4 is 23.0 Å². The second-order valence-corrected chi connectivity index (χ2v) is 7.55. The molecule has 0 spiro atoms. The fourth-order valence-electron chi connectivity index (χ4n) is 4.36. The van der Waals surface area contributed by atoms with Crippen LogP contribution in [0.4, 0.5) is 5.69 Å².